The lowest BCUT2D eigenvalue weighted by molar-refractivity contribution is -0.147. The van der Waals surface area contributed by atoms with Crippen LogP contribution < -0.4 is 19.5 Å². The van der Waals surface area contributed by atoms with Crippen molar-refractivity contribution in [3.63, 3.8) is 0 Å². The molecule has 0 bridgehead atoms. The van der Waals surface area contributed by atoms with Crippen molar-refractivity contribution < 1.29 is 37.0 Å². The number of allylic oxidation sites excluding steroid dienone is 1. The van der Waals surface area contributed by atoms with Crippen molar-refractivity contribution in [2.24, 2.45) is 5.92 Å². The fourth-order valence-electron chi connectivity index (χ4n) is 7.02. The number of nitrogens with one attached hydrogen (secondary N) is 2. The van der Waals surface area contributed by atoms with Gasteiger partial charge in [0, 0.05) is 41.3 Å². The molecule has 3 amide bonds. The molecule has 0 radical (unpaired) electrons. The molecule has 2 N–H and O–H groups in total. The number of amides is 3. The standard InChI is InChI=1S/C37H45N5O8S2/c1-20(2)28-19-51-34(39-28)27-16-31(26-12-13-30(48-5)21(3)32(26)38-27)50-24-15-29-33(43)40-37(36(45)41-52(46,47)25-10-11-25)17-23(37)9-7-6-8-14-49-22(4)35(44)42(29)18-24/h7,9,12-13,16,19-20,22-25,29H,6,8,10-11,14-15,17-18H2,1-5H3,(H,40,43)(H,41,45)/b9-7-/t22-,23-,24-,29+,37-/m1/s1. The van der Waals surface area contributed by atoms with Gasteiger partial charge in [-0.15, -0.1) is 11.3 Å². The van der Waals surface area contributed by atoms with Crippen LogP contribution >= 0.6 is 11.3 Å². The normalized spacial score (nSPS) is 27.4. The lowest BCUT2D eigenvalue weighted by atomic mass is 10.1. The number of carbonyl (C=O) groups excluding carboxylic acids is 3. The summed E-state index contributed by atoms with van der Waals surface area (Å²) in [6.07, 6.45) is 5.00. The van der Waals surface area contributed by atoms with Crippen LogP contribution in [0, 0.1) is 12.8 Å². The number of thiazole rings is 1. The van der Waals surface area contributed by atoms with Gasteiger partial charge < -0.3 is 24.4 Å². The second kappa shape index (κ2) is 14.0. The summed E-state index contributed by atoms with van der Waals surface area (Å²) in [4.78, 5) is 53.0. The van der Waals surface area contributed by atoms with Gasteiger partial charge in [0.1, 0.15) is 46.0 Å². The zero-order valence-electron chi connectivity index (χ0n) is 30.0. The van der Waals surface area contributed by atoms with Crippen molar-refractivity contribution >= 4 is 50.0 Å². The summed E-state index contributed by atoms with van der Waals surface area (Å²) in [5.41, 5.74) is 1.66. The SMILES string of the molecule is COc1ccc2c(O[C@@H]3C[C@H]4C(=O)N[C@]5(C(=O)NS(=O)(=O)C6CC6)C[C@H]5/C=C\CCCO[C@H](C)C(=O)N4C3)cc(-c3nc(C(C)C)cs3)nc2c1C. The lowest BCUT2D eigenvalue weighted by Gasteiger charge is -2.28. The molecule has 7 rings (SSSR count). The monoisotopic (exact) mass is 751 g/mol. The quantitative estimate of drug-likeness (QED) is 0.316. The molecule has 278 valence electrons. The Morgan fingerprint density at radius 3 is 2.69 bits per heavy atom. The largest absolute Gasteiger partial charge is 0.496 e. The van der Waals surface area contributed by atoms with Crippen LogP contribution in [0.5, 0.6) is 11.5 Å². The van der Waals surface area contributed by atoms with Crippen molar-refractivity contribution in [1.29, 1.82) is 0 Å². The van der Waals surface area contributed by atoms with E-state index in [0.717, 1.165) is 21.7 Å². The number of carbonyl (C=O) groups is 3. The Morgan fingerprint density at radius 1 is 1.19 bits per heavy atom. The van der Waals surface area contributed by atoms with Crippen molar-refractivity contribution in [1.82, 2.24) is 24.9 Å². The van der Waals surface area contributed by atoms with E-state index in [4.69, 9.17) is 24.2 Å². The molecule has 0 spiro atoms. The average molecular weight is 752 g/mol. The Balaban J connectivity index is 1.21. The van der Waals surface area contributed by atoms with Crippen molar-refractivity contribution in [2.75, 3.05) is 20.3 Å². The summed E-state index contributed by atoms with van der Waals surface area (Å²) in [5.74, 6) is -0.626. The molecule has 2 aromatic heterocycles. The van der Waals surface area contributed by atoms with Gasteiger partial charge in [0.2, 0.25) is 15.9 Å². The van der Waals surface area contributed by atoms with Crippen LogP contribution in [0.1, 0.15) is 76.5 Å². The van der Waals surface area contributed by atoms with Crippen molar-refractivity contribution in [3.05, 3.63) is 47.0 Å². The van der Waals surface area contributed by atoms with Gasteiger partial charge in [0.15, 0.2) is 0 Å². The maximum Gasteiger partial charge on any atom is 0.259 e. The number of hydrogen-bond acceptors (Lipinski definition) is 11. The third kappa shape index (κ3) is 7.02. The number of benzene rings is 1. The highest BCUT2D eigenvalue weighted by Crippen LogP contribution is 2.46. The molecule has 13 nitrogen and oxygen atoms in total. The summed E-state index contributed by atoms with van der Waals surface area (Å²) in [7, 11) is -2.24. The third-order valence-corrected chi connectivity index (χ3v) is 13.1. The highest BCUT2D eigenvalue weighted by Gasteiger charge is 2.62. The molecule has 3 aromatic rings. The van der Waals surface area contributed by atoms with Crippen molar-refractivity contribution in [3.8, 4) is 22.2 Å². The van der Waals surface area contributed by atoms with Gasteiger partial charge in [-0.2, -0.15) is 0 Å². The lowest BCUT2D eigenvalue weighted by Crippen LogP contribution is -2.57. The second-order valence-corrected chi connectivity index (χ2v) is 17.4. The minimum atomic E-state index is -3.85. The first kappa shape index (κ1) is 36.3. The minimum absolute atomic E-state index is 0.0895. The number of methoxy groups -OCH3 is 1. The number of fused-ring (bicyclic) bond motifs is 3. The summed E-state index contributed by atoms with van der Waals surface area (Å²) < 4.78 is 46.0. The molecule has 4 heterocycles. The van der Waals surface area contributed by atoms with Crippen LogP contribution in [0.4, 0.5) is 0 Å². The Hall–Kier alpha value is -4.08. The summed E-state index contributed by atoms with van der Waals surface area (Å²) in [6.45, 7) is 8.19. The molecule has 4 aliphatic rings. The van der Waals surface area contributed by atoms with E-state index in [0.29, 0.717) is 55.0 Å². The van der Waals surface area contributed by atoms with Gasteiger partial charge in [0.25, 0.3) is 11.8 Å². The summed E-state index contributed by atoms with van der Waals surface area (Å²) >= 11 is 1.50. The molecule has 5 atom stereocenters. The van der Waals surface area contributed by atoms with Crippen LogP contribution in [0.25, 0.3) is 21.6 Å². The average Bonchev–Trinajstić information content (AvgIpc) is 3.98. The molecular weight excluding hydrogens is 707 g/mol. The molecule has 52 heavy (non-hydrogen) atoms. The van der Waals surface area contributed by atoms with Crippen LogP contribution in [-0.4, -0.2) is 90.3 Å². The number of aromatic nitrogens is 2. The van der Waals surface area contributed by atoms with Crippen LogP contribution in [0.15, 0.2) is 35.7 Å². The van der Waals surface area contributed by atoms with Crippen molar-refractivity contribution in [2.45, 2.75) is 101 Å². The van der Waals surface area contributed by atoms with E-state index in [2.05, 4.69) is 23.9 Å². The summed E-state index contributed by atoms with van der Waals surface area (Å²) in [6, 6.07) is 4.59. The number of hydrogen-bond donors (Lipinski definition) is 2. The zero-order valence-corrected chi connectivity index (χ0v) is 31.6. The smallest absolute Gasteiger partial charge is 0.259 e. The van der Waals surface area contributed by atoms with Gasteiger partial charge >= 0.3 is 0 Å². The van der Waals surface area contributed by atoms with E-state index < -0.39 is 56.8 Å². The Bertz CT molecular complexity index is 2040. The van der Waals surface area contributed by atoms with Gasteiger partial charge in [-0.3, -0.25) is 19.1 Å². The van der Waals surface area contributed by atoms with E-state index in [1.807, 2.05) is 42.7 Å². The van der Waals surface area contributed by atoms with E-state index in [-0.39, 0.29) is 31.2 Å². The molecule has 2 aliphatic carbocycles. The number of rotatable bonds is 8. The fraction of sp³-hybridized carbons (Fsp3) is 0.541. The zero-order chi connectivity index (χ0) is 36.9. The molecular formula is C37H45N5O8S2. The molecule has 15 heteroatoms. The number of aryl methyl sites for hydroxylation is 1. The predicted octanol–water partition coefficient (Wildman–Crippen LogP) is 4.39. The molecule has 2 aliphatic heterocycles. The third-order valence-electron chi connectivity index (χ3n) is 10.4. The predicted molar refractivity (Wildman–Crippen MR) is 196 cm³/mol. The van der Waals surface area contributed by atoms with Gasteiger partial charge in [-0.25, -0.2) is 18.4 Å². The van der Waals surface area contributed by atoms with Gasteiger partial charge in [-0.1, -0.05) is 26.0 Å². The Labute approximate surface area is 307 Å². The van der Waals surface area contributed by atoms with Crippen LogP contribution in [-0.2, 0) is 29.1 Å². The first-order valence-corrected chi connectivity index (χ1v) is 20.3. The highest BCUT2D eigenvalue weighted by molar-refractivity contribution is 7.91. The Morgan fingerprint density at radius 2 is 1.98 bits per heavy atom. The maximum atomic E-state index is 14.2. The van der Waals surface area contributed by atoms with E-state index >= 15 is 0 Å². The molecule has 3 fully saturated rings. The molecule has 2 saturated carbocycles. The fourth-order valence-corrected chi connectivity index (χ4v) is 9.33. The number of sulfonamides is 1. The second-order valence-electron chi connectivity index (χ2n) is 14.5. The first-order valence-electron chi connectivity index (χ1n) is 17.9. The van der Waals surface area contributed by atoms with E-state index in [1.165, 1.54) is 16.2 Å². The molecule has 1 saturated heterocycles. The topological polar surface area (TPSA) is 166 Å². The first-order chi connectivity index (χ1) is 24.8. The van der Waals surface area contributed by atoms with Crippen LogP contribution in [0.3, 0.4) is 0 Å². The maximum absolute atomic E-state index is 14.2. The number of pyridine rings is 1. The van der Waals surface area contributed by atoms with Gasteiger partial charge in [0.05, 0.1) is 30.1 Å². The van der Waals surface area contributed by atoms with E-state index in [9.17, 15) is 22.8 Å². The minimum Gasteiger partial charge on any atom is -0.496 e. The molecule has 0 unspecified atom stereocenters. The Kier molecular flexibility index (Phi) is 9.80. The van der Waals surface area contributed by atoms with Crippen LogP contribution in [0.2, 0.25) is 0 Å². The molecule has 1 aromatic carbocycles. The van der Waals surface area contributed by atoms with Gasteiger partial charge in [-0.05, 0) is 64.0 Å². The number of ether oxygens (including phenoxy) is 3. The highest BCUT2D eigenvalue weighted by atomic mass is 32.2. The number of nitrogens with zero attached hydrogens (tertiary/aromatic N) is 3. The van der Waals surface area contributed by atoms with E-state index in [1.54, 1.807) is 14.0 Å². The summed E-state index contributed by atoms with van der Waals surface area (Å²) in [5, 5.41) is 5.80.